The van der Waals surface area contributed by atoms with Crippen LogP contribution in [0.3, 0.4) is 0 Å². The van der Waals surface area contributed by atoms with Gasteiger partial charge in [0.15, 0.2) is 0 Å². The minimum Gasteiger partial charge on any atom is -0.444 e. The molecule has 7 heteroatoms. The van der Waals surface area contributed by atoms with Crippen molar-refractivity contribution in [2.24, 2.45) is 5.92 Å². The van der Waals surface area contributed by atoms with Gasteiger partial charge in [-0.15, -0.1) is 3.89 Å². The van der Waals surface area contributed by atoms with Crippen LogP contribution < -0.4 is 5.32 Å². The van der Waals surface area contributed by atoms with E-state index in [-0.39, 0.29) is 5.92 Å². The Kier molecular flexibility index (Phi) is 6.06. The molecule has 0 aliphatic rings. The van der Waals surface area contributed by atoms with E-state index < -0.39 is 33.7 Å². The Morgan fingerprint density at radius 1 is 1.33 bits per heavy atom. The number of ether oxygens (including phenoxy) is 1. The average molecular weight is 283 g/mol. The second kappa shape index (κ2) is 6.36. The van der Waals surface area contributed by atoms with E-state index in [1.54, 1.807) is 20.8 Å². The molecule has 0 spiro atoms. The highest BCUT2D eigenvalue weighted by atomic mass is 32.3. The number of hydrogen-bond donors (Lipinski definition) is 1. The molecule has 0 radical (unpaired) electrons. The van der Waals surface area contributed by atoms with Crippen LogP contribution in [0.4, 0.5) is 8.68 Å². The van der Waals surface area contributed by atoms with Crippen LogP contribution >= 0.6 is 0 Å². The van der Waals surface area contributed by atoms with Crippen molar-refractivity contribution in [1.82, 2.24) is 5.32 Å². The van der Waals surface area contributed by atoms with Crippen LogP contribution in [0.25, 0.3) is 0 Å². The summed E-state index contributed by atoms with van der Waals surface area (Å²) < 4.78 is 38.9. The van der Waals surface area contributed by atoms with Crippen LogP contribution in [0, 0.1) is 5.92 Å². The first-order valence-corrected chi connectivity index (χ1v) is 7.36. The third-order valence-electron chi connectivity index (χ3n) is 1.88. The maximum absolute atomic E-state index is 12.7. The molecule has 18 heavy (non-hydrogen) atoms. The zero-order valence-corrected chi connectivity index (χ0v) is 12.3. The van der Waals surface area contributed by atoms with Crippen molar-refractivity contribution < 1.29 is 21.8 Å². The predicted octanol–water partition coefficient (Wildman–Crippen LogP) is 2.23. The Hall–Kier alpha value is -0.850. The molecule has 0 aromatic carbocycles. The Bertz CT molecular complexity index is 373. The topological polar surface area (TPSA) is 72.5 Å². The first-order chi connectivity index (χ1) is 7.89. The van der Waals surface area contributed by atoms with Gasteiger partial charge in [0, 0.05) is 6.04 Å². The SMILES string of the molecule is CC(C)CC(CS(=O)(=O)F)NC(=O)OC(C)(C)C. The molecule has 1 atom stereocenters. The van der Waals surface area contributed by atoms with E-state index in [1.165, 1.54) is 0 Å². The van der Waals surface area contributed by atoms with E-state index in [4.69, 9.17) is 4.74 Å². The highest BCUT2D eigenvalue weighted by Gasteiger charge is 2.24. The fraction of sp³-hybridized carbons (Fsp3) is 0.909. The molecule has 0 saturated heterocycles. The van der Waals surface area contributed by atoms with Crippen molar-refractivity contribution in [1.29, 1.82) is 0 Å². The first-order valence-electron chi connectivity index (χ1n) is 5.81. The Labute approximate surface area is 108 Å². The monoisotopic (exact) mass is 283 g/mol. The first kappa shape index (κ1) is 17.2. The number of hydrogen-bond acceptors (Lipinski definition) is 4. The highest BCUT2D eigenvalue weighted by molar-refractivity contribution is 7.86. The molecule has 1 N–H and O–H groups in total. The maximum Gasteiger partial charge on any atom is 0.407 e. The number of halogens is 1. The van der Waals surface area contributed by atoms with Gasteiger partial charge in [-0.05, 0) is 33.1 Å². The minimum atomic E-state index is -4.63. The van der Waals surface area contributed by atoms with Crippen LogP contribution in [0.2, 0.25) is 0 Å². The van der Waals surface area contributed by atoms with Gasteiger partial charge in [0.05, 0.1) is 0 Å². The van der Waals surface area contributed by atoms with E-state index >= 15 is 0 Å². The van der Waals surface area contributed by atoms with Gasteiger partial charge in [-0.2, -0.15) is 8.42 Å². The van der Waals surface area contributed by atoms with Gasteiger partial charge < -0.3 is 10.1 Å². The van der Waals surface area contributed by atoms with Crippen LogP contribution in [0.15, 0.2) is 0 Å². The molecule has 0 aliphatic carbocycles. The number of amides is 1. The van der Waals surface area contributed by atoms with Crippen LogP contribution in [-0.4, -0.2) is 31.9 Å². The summed E-state index contributed by atoms with van der Waals surface area (Å²) in [6.45, 7) is 8.78. The molecular formula is C11H22FNO4S. The lowest BCUT2D eigenvalue weighted by Crippen LogP contribution is -2.42. The minimum absolute atomic E-state index is 0.131. The second-order valence-corrected chi connectivity index (χ2v) is 7.09. The molecule has 1 unspecified atom stereocenters. The lowest BCUT2D eigenvalue weighted by molar-refractivity contribution is 0.0504. The molecule has 0 saturated carbocycles. The van der Waals surface area contributed by atoms with Crippen LogP contribution in [-0.2, 0) is 15.0 Å². The zero-order valence-electron chi connectivity index (χ0n) is 11.5. The van der Waals surface area contributed by atoms with Gasteiger partial charge in [0.2, 0.25) is 0 Å². The standard InChI is InChI=1S/C11H22FNO4S/c1-8(2)6-9(7-18(12,15)16)13-10(14)17-11(3,4)5/h8-9H,6-7H2,1-5H3,(H,13,14). The largest absolute Gasteiger partial charge is 0.444 e. The zero-order chi connectivity index (χ0) is 14.6. The van der Waals surface area contributed by atoms with E-state index in [2.05, 4.69) is 5.32 Å². The van der Waals surface area contributed by atoms with Crippen molar-refractivity contribution in [3.63, 3.8) is 0 Å². The Morgan fingerprint density at radius 3 is 2.17 bits per heavy atom. The molecule has 0 aromatic rings. The van der Waals surface area contributed by atoms with Gasteiger partial charge in [-0.1, -0.05) is 13.8 Å². The lowest BCUT2D eigenvalue weighted by Gasteiger charge is -2.23. The molecule has 108 valence electrons. The van der Waals surface area contributed by atoms with Crippen LogP contribution in [0.5, 0.6) is 0 Å². The Morgan fingerprint density at radius 2 is 1.83 bits per heavy atom. The smallest absolute Gasteiger partial charge is 0.407 e. The summed E-state index contributed by atoms with van der Waals surface area (Å²) in [6, 6.07) is -0.783. The lowest BCUT2D eigenvalue weighted by atomic mass is 10.1. The number of carbonyl (C=O) groups is 1. The normalized spacial score (nSPS) is 14.4. The molecular weight excluding hydrogens is 261 g/mol. The number of carbonyl (C=O) groups excluding carboxylic acids is 1. The maximum atomic E-state index is 12.7. The van der Waals surface area contributed by atoms with Crippen LogP contribution in [0.1, 0.15) is 41.0 Å². The van der Waals surface area contributed by atoms with E-state index in [0.29, 0.717) is 6.42 Å². The quantitative estimate of drug-likeness (QED) is 0.785. The molecule has 5 nitrogen and oxygen atoms in total. The third kappa shape index (κ3) is 10.3. The van der Waals surface area contributed by atoms with Crippen molar-refractivity contribution in [3.05, 3.63) is 0 Å². The van der Waals surface area contributed by atoms with E-state index in [0.717, 1.165) is 0 Å². The molecule has 1 amide bonds. The average Bonchev–Trinajstić information content (AvgIpc) is 1.92. The van der Waals surface area contributed by atoms with Gasteiger partial charge in [0.1, 0.15) is 11.4 Å². The van der Waals surface area contributed by atoms with Crippen molar-refractivity contribution in [3.8, 4) is 0 Å². The summed E-state index contributed by atoms with van der Waals surface area (Å²) in [6.07, 6.45) is -0.376. The summed E-state index contributed by atoms with van der Waals surface area (Å²) in [4.78, 5) is 11.5. The highest BCUT2D eigenvalue weighted by Crippen LogP contribution is 2.11. The summed E-state index contributed by atoms with van der Waals surface area (Å²) in [5, 5.41) is 2.38. The second-order valence-electron chi connectivity index (χ2n) is 5.68. The van der Waals surface area contributed by atoms with E-state index in [9.17, 15) is 17.1 Å². The molecule has 0 rings (SSSR count). The van der Waals surface area contributed by atoms with Crippen molar-refractivity contribution >= 4 is 16.3 Å². The van der Waals surface area contributed by atoms with Gasteiger partial charge in [-0.25, -0.2) is 4.79 Å². The molecule has 0 aliphatic heterocycles. The Balaban J connectivity index is 4.55. The predicted molar refractivity (Wildman–Crippen MR) is 67.5 cm³/mol. The number of alkyl carbamates (subject to hydrolysis) is 1. The fourth-order valence-electron chi connectivity index (χ4n) is 1.45. The summed E-state index contributed by atoms with van der Waals surface area (Å²) >= 11 is 0. The number of nitrogens with one attached hydrogen (secondary N) is 1. The van der Waals surface area contributed by atoms with Gasteiger partial charge in [0.25, 0.3) is 0 Å². The van der Waals surface area contributed by atoms with Gasteiger partial charge >= 0.3 is 16.3 Å². The molecule has 0 aromatic heterocycles. The number of rotatable bonds is 5. The van der Waals surface area contributed by atoms with E-state index in [1.807, 2.05) is 13.8 Å². The summed E-state index contributed by atoms with van der Waals surface area (Å²) in [7, 11) is -4.63. The van der Waals surface area contributed by atoms with Gasteiger partial charge in [-0.3, -0.25) is 0 Å². The molecule has 0 heterocycles. The fourth-order valence-corrected chi connectivity index (χ4v) is 2.15. The molecule has 0 fully saturated rings. The third-order valence-corrected chi connectivity index (χ3v) is 2.68. The van der Waals surface area contributed by atoms with Crippen molar-refractivity contribution in [2.75, 3.05) is 5.75 Å². The summed E-state index contributed by atoms with van der Waals surface area (Å²) in [5.41, 5.74) is -0.680. The summed E-state index contributed by atoms with van der Waals surface area (Å²) in [5.74, 6) is -0.601. The molecule has 0 bridgehead atoms. The van der Waals surface area contributed by atoms with Crippen molar-refractivity contribution in [2.45, 2.75) is 52.7 Å².